The normalized spacial score (nSPS) is 34.6. The predicted molar refractivity (Wildman–Crippen MR) is 57.6 cm³/mol. The maximum absolute atomic E-state index is 11.8. The summed E-state index contributed by atoms with van der Waals surface area (Å²) in [7, 11) is 0. The Hall–Kier alpha value is -1.10. The average Bonchev–Trinajstić information content (AvgIpc) is 2.68. The zero-order chi connectivity index (χ0) is 11.5. The van der Waals surface area contributed by atoms with E-state index in [1.54, 1.807) is 0 Å². The summed E-state index contributed by atoms with van der Waals surface area (Å²) in [6, 6.07) is -0.541. The number of aliphatic hydroxyl groups excluding tert-OH is 1. The molecule has 2 rings (SSSR count). The monoisotopic (exact) mass is 226 g/mol. The van der Waals surface area contributed by atoms with Crippen molar-refractivity contribution in [2.75, 3.05) is 0 Å². The van der Waals surface area contributed by atoms with Crippen LogP contribution in [0.3, 0.4) is 0 Å². The van der Waals surface area contributed by atoms with E-state index in [9.17, 15) is 14.7 Å². The van der Waals surface area contributed by atoms with E-state index in [1.165, 1.54) is 0 Å². The van der Waals surface area contributed by atoms with Gasteiger partial charge in [-0.15, -0.1) is 0 Å². The fourth-order valence-corrected chi connectivity index (χ4v) is 2.37. The van der Waals surface area contributed by atoms with Crippen molar-refractivity contribution in [1.29, 1.82) is 0 Å². The third kappa shape index (κ3) is 2.52. The molecule has 1 saturated carbocycles. The Labute approximate surface area is 94.6 Å². The first-order chi connectivity index (χ1) is 7.66. The van der Waals surface area contributed by atoms with Crippen LogP contribution in [0.5, 0.6) is 0 Å². The molecule has 0 spiro atoms. The molecule has 1 saturated heterocycles. The number of amides is 2. The van der Waals surface area contributed by atoms with Crippen LogP contribution in [-0.2, 0) is 9.59 Å². The molecule has 5 heteroatoms. The van der Waals surface area contributed by atoms with Gasteiger partial charge < -0.3 is 15.7 Å². The van der Waals surface area contributed by atoms with Crippen molar-refractivity contribution in [3.05, 3.63) is 0 Å². The van der Waals surface area contributed by atoms with Crippen LogP contribution in [0.2, 0.25) is 0 Å². The molecule has 2 aliphatic rings. The average molecular weight is 226 g/mol. The van der Waals surface area contributed by atoms with E-state index in [0.29, 0.717) is 12.8 Å². The van der Waals surface area contributed by atoms with E-state index >= 15 is 0 Å². The summed E-state index contributed by atoms with van der Waals surface area (Å²) in [4.78, 5) is 22.7. The molecule has 0 unspecified atom stereocenters. The topological polar surface area (TPSA) is 78.4 Å². The molecule has 0 aromatic carbocycles. The van der Waals surface area contributed by atoms with Crippen LogP contribution >= 0.6 is 0 Å². The van der Waals surface area contributed by atoms with Gasteiger partial charge in [0.25, 0.3) is 0 Å². The van der Waals surface area contributed by atoms with Gasteiger partial charge in [-0.3, -0.25) is 9.59 Å². The Morgan fingerprint density at radius 2 is 2.06 bits per heavy atom. The highest BCUT2D eigenvalue weighted by Gasteiger charge is 2.31. The summed E-state index contributed by atoms with van der Waals surface area (Å²) >= 11 is 0. The summed E-state index contributed by atoms with van der Waals surface area (Å²) in [5.41, 5.74) is 0. The van der Waals surface area contributed by atoms with Crippen LogP contribution < -0.4 is 10.6 Å². The first kappa shape index (κ1) is 11.4. The van der Waals surface area contributed by atoms with E-state index in [-0.39, 0.29) is 17.9 Å². The Balaban J connectivity index is 1.84. The molecule has 1 aliphatic heterocycles. The van der Waals surface area contributed by atoms with Gasteiger partial charge >= 0.3 is 0 Å². The van der Waals surface area contributed by atoms with Gasteiger partial charge in [-0.25, -0.2) is 0 Å². The molecular weight excluding hydrogens is 208 g/mol. The van der Waals surface area contributed by atoms with Crippen LogP contribution in [0.15, 0.2) is 0 Å². The standard InChI is InChI=1S/C11H18N2O3/c14-9-4-2-1-3-7(9)13-11(16)8-5-6-10(15)12-8/h7-9,14H,1-6H2,(H,12,15)(H,13,16)/t7-,8-,9-/m1/s1. The minimum Gasteiger partial charge on any atom is -0.391 e. The first-order valence-corrected chi connectivity index (χ1v) is 5.94. The SMILES string of the molecule is O=C1CC[C@H](C(=O)N[C@@H]2CCCC[C@H]2O)N1. The summed E-state index contributed by atoms with van der Waals surface area (Å²) in [5, 5.41) is 15.2. The Kier molecular flexibility index (Phi) is 3.43. The smallest absolute Gasteiger partial charge is 0.242 e. The Bertz CT molecular complexity index is 293. The van der Waals surface area contributed by atoms with Crippen molar-refractivity contribution in [2.24, 2.45) is 0 Å². The van der Waals surface area contributed by atoms with Crippen LogP contribution in [0.25, 0.3) is 0 Å². The third-order valence-corrected chi connectivity index (χ3v) is 3.37. The van der Waals surface area contributed by atoms with Crippen molar-refractivity contribution in [3.63, 3.8) is 0 Å². The Morgan fingerprint density at radius 3 is 2.69 bits per heavy atom. The molecule has 5 nitrogen and oxygen atoms in total. The summed E-state index contributed by atoms with van der Waals surface area (Å²) in [5.74, 6) is -0.221. The summed E-state index contributed by atoms with van der Waals surface area (Å²) < 4.78 is 0. The molecule has 1 aliphatic carbocycles. The van der Waals surface area contributed by atoms with Gasteiger partial charge in [0.05, 0.1) is 12.1 Å². The second kappa shape index (κ2) is 4.82. The van der Waals surface area contributed by atoms with Gasteiger partial charge in [-0.2, -0.15) is 0 Å². The van der Waals surface area contributed by atoms with Crippen LogP contribution in [0.4, 0.5) is 0 Å². The molecule has 0 aromatic rings. The van der Waals surface area contributed by atoms with Crippen molar-refractivity contribution in [3.8, 4) is 0 Å². The van der Waals surface area contributed by atoms with Crippen molar-refractivity contribution in [1.82, 2.24) is 10.6 Å². The van der Waals surface area contributed by atoms with Gasteiger partial charge in [0.1, 0.15) is 6.04 Å². The second-order valence-corrected chi connectivity index (χ2v) is 4.63. The molecule has 0 bridgehead atoms. The fraction of sp³-hybridized carbons (Fsp3) is 0.818. The van der Waals surface area contributed by atoms with E-state index in [0.717, 1.165) is 25.7 Å². The lowest BCUT2D eigenvalue weighted by atomic mass is 9.92. The van der Waals surface area contributed by atoms with Gasteiger partial charge in [-0.1, -0.05) is 12.8 Å². The minimum atomic E-state index is -0.435. The van der Waals surface area contributed by atoms with Crippen LogP contribution in [0, 0.1) is 0 Å². The maximum atomic E-state index is 11.8. The zero-order valence-electron chi connectivity index (χ0n) is 9.24. The van der Waals surface area contributed by atoms with Gasteiger partial charge in [0.15, 0.2) is 0 Å². The third-order valence-electron chi connectivity index (χ3n) is 3.37. The summed E-state index contributed by atoms with van der Waals surface area (Å²) in [6.07, 6.45) is 4.19. The van der Waals surface area contributed by atoms with Crippen molar-refractivity contribution >= 4 is 11.8 Å². The number of carbonyl (C=O) groups is 2. The quantitative estimate of drug-likeness (QED) is 0.604. The number of hydrogen-bond donors (Lipinski definition) is 3. The lowest BCUT2D eigenvalue weighted by Gasteiger charge is -2.29. The molecule has 3 atom stereocenters. The van der Waals surface area contributed by atoms with Gasteiger partial charge in [0.2, 0.25) is 11.8 Å². The highest BCUT2D eigenvalue weighted by molar-refractivity contribution is 5.90. The molecule has 0 aromatic heterocycles. The molecule has 1 heterocycles. The van der Waals surface area contributed by atoms with Crippen molar-refractivity contribution in [2.45, 2.75) is 56.7 Å². The number of hydrogen-bond acceptors (Lipinski definition) is 3. The molecule has 2 amide bonds. The molecule has 2 fully saturated rings. The fourth-order valence-electron chi connectivity index (χ4n) is 2.37. The molecule has 16 heavy (non-hydrogen) atoms. The number of carbonyl (C=O) groups excluding carboxylic acids is 2. The minimum absolute atomic E-state index is 0.0654. The molecule has 90 valence electrons. The second-order valence-electron chi connectivity index (χ2n) is 4.63. The van der Waals surface area contributed by atoms with E-state index < -0.39 is 12.1 Å². The lowest BCUT2D eigenvalue weighted by molar-refractivity contribution is -0.127. The zero-order valence-corrected chi connectivity index (χ0v) is 9.24. The summed E-state index contributed by atoms with van der Waals surface area (Å²) in [6.45, 7) is 0. The first-order valence-electron chi connectivity index (χ1n) is 5.94. The predicted octanol–water partition coefficient (Wildman–Crippen LogP) is -0.315. The van der Waals surface area contributed by atoms with Crippen LogP contribution in [-0.4, -0.2) is 35.1 Å². The van der Waals surface area contributed by atoms with E-state index in [4.69, 9.17) is 0 Å². The highest BCUT2D eigenvalue weighted by atomic mass is 16.3. The Morgan fingerprint density at radius 1 is 1.31 bits per heavy atom. The van der Waals surface area contributed by atoms with E-state index in [1.807, 2.05) is 0 Å². The van der Waals surface area contributed by atoms with Gasteiger partial charge in [-0.05, 0) is 19.3 Å². The number of nitrogens with one attached hydrogen (secondary N) is 2. The largest absolute Gasteiger partial charge is 0.391 e. The molecule has 0 radical (unpaired) electrons. The van der Waals surface area contributed by atoms with Gasteiger partial charge in [0, 0.05) is 6.42 Å². The van der Waals surface area contributed by atoms with Crippen LogP contribution in [0.1, 0.15) is 38.5 Å². The number of aliphatic hydroxyl groups is 1. The highest BCUT2D eigenvalue weighted by Crippen LogP contribution is 2.18. The van der Waals surface area contributed by atoms with Crippen molar-refractivity contribution < 1.29 is 14.7 Å². The van der Waals surface area contributed by atoms with E-state index in [2.05, 4.69) is 10.6 Å². The maximum Gasteiger partial charge on any atom is 0.242 e. The molecule has 3 N–H and O–H groups in total. The molecular formula is C11H18N2O3. The lowest BCUT2D eigenvalue weighted by Crippen LogP contribution is -2.50. The number of rotatable bonds is 2.